The molecule has 2 aromatic rings. The van der Waals surface area contributed by atoms with E-state index in [0.29, 0.717) is 0 Å². The average Bonchev–Trinajstić information content (AvgIpc) is 3.01. The summed E-state index contributed by atoms with van der Waals surface area (Å²) in [6.45, 7) is 3.96. The van der Waals surface area contributed by atoms with E-state index < -0.39 is 0 Å². The van der Waals surface area contributed by atoms with Gasteiger partial charge in [-0.3, -0.25) is 0 Å². The summed E-state index contributed by atoms with van der Waals surface area (Å²) >= 11 is 1.71. The minimum absolute atomic E-state index is 0.763. The van der Waals surface area contributed by atoms with Crippen molar-refractivity contribution in [1.82, 2.24) is 9.55 Å². The summed E-state index contributed by atoms with van der Waals surface area (Å²) in [6.07, 6.45) is 7.77. The lowest BCUT2D eigenvalue weighted by molar-refractivity contribution is 0.621. The van der Waals surface area contributed by atoms with Gasteiger partial charge in [-0.05, 0) is 30.7 Å². The Labute approximate surface area is 130 Å². The van der Waals surface area contributed by atoms with E-state index in [-0.39, 0.29) is 0 Å². The molecular formula is C16H20N4S. The van der Waals surface area contributed by atoms with E-state index in [1.165, 1.54) is 0 Å². The van der Waals surface area contributed by atoms with E-state index in [9.17, 15) is 5.26 Å². The molecule has 21 heavy (non-hydrogen) atoms. The SMILES string of the molecule is CCSc1cccc(NCCCCn2ccnc2)c1C#N. The van der Waals surface area contributed by atoms with Gasteiger partial charge in [-0.2, -0.15) is 5.26 Å². The zero-order valence-corrected chi connectivity index (χ0v) is 13.1. The van der Waals surface area contributed by atoms with Crippen LogP contribution in [0.2, 0.25) is 0 Å². The van der Waals surface area contributed by atoms with Crippen LogP contribution < -0.4 is 5.32 Å². The minimum Gasteiger partial charge on any atom is -0.384 e. The lowest BCUT2D eigenvalue weighted by Crippen LogP contribution is -2.05. The van der Waals surface area contributed by atoms with Crippen molar-refractivity contribution in [3.05, 3.63) is 42.5 Å². The van der Waals surface area contributed by atoms with Crippen LogP contribution in [-0.2, 0) is 6.54 Å². The number of thioether (sulfide) groups is 1. The molecule has 0 saturated carbocycles. The minimum atomic E-state index is 0.763. The zero-order chi connectivity index (χ0) is 14.9. The lowest BCUT2D eigenvalue weighted by atomic mass is 10.2. The molecule has 0 aliphatic heterocycles. The standard InChI is InChI=1S/C16H20N4S/c1-2-21-16-7-5-6-15(14(16)12-17)19-8-3-4-10-20-11-9-18-13-20/h5-7,9,11,13,19H,2-4,8,10H2,1H3. The maximum atomic E-state index is 9.34. The van der Waals surface area contributed by atoms with Crippen LogP contribution in [0.25, 0.3) is 0 Å². The molecule has 1 aromatic carbocycles. The topological polar surface area (TPSA) is 53.6 Å². The molecular weight excluding hydrogens is 280 g/mol. The van der Waals surface area contributed by atoms with Gasteiger partial charge >= 0.3 is 0 Å². The maximum absolute atomic E-state index is 9.34. The Morgan fingerprint density at radius 1 is 1.38 bits per heavy atom. The number of imidazole rings is 1. The fraction of sp³-hybridized carbons (Fsp3) is 0.375. The summed E-state index contributed by atoms with van der Waals surface area (Å²) < 4.78 is 2.08. The number of aromatic nitrogens is 2. The van der Waals surface area contributed by atoms with Gasteiger partial charge < -0.3 is 9.88 Å². The van der Waals surface area contributed by atoms with Crippen LogP contribution >= 0.6 is 11.8 Å². The van der Waals surface area contributed by atoms with Crippen LogP contribution in [0.4, 0.5) is 5.69 Å². The number of hydrogen-bond donors (Lipinski definition) is 1. The second-order valence-corrected chi connectivity index (χ2v) is 5.96. The van der Waals surface area contributed by atoms with Crippen molar-refractivity contribution in [3.63, 3.8) is 0 Å². The van der Waals surface area contributed by atoms with Gasteiger partial charge in [0.05, 0.1) is 17.6 Å². The normalized spacial score (nSPS) is 10.3. The summed E-state index contributed by atoms with van der Waals surface area (Å²) in [7, 11) is 0. The molecule has 1 N–H and O–H groups in total. The molecule has 110 valence electrons. The highest BCUT2D eigenvalue weighted by Gasteiger charge is 2.07. The van der Waals surface area contributed by atoms with E-state index in [4.69, 9.17) is 0 Å². The van der Waals surface area contributed by atoms with E-state index in [0.717, 1.165) is 47.8 Å². The van der Waals surface area contributed by atoms with Gasteiger partial charge in [0.25, 0.3) is 0 Å². The third-order valence-electron chi connectivity index (χ3n) is 3.16. The summed E-state index contributed by atoms with van der Waals surface area (Å²) in [6, 6.07) is 8.31. The van der Waals surface area contributed by atoms with Crippen LogP contribution in [0.3, 0.4) is 0 Å². The van der Waals surface area contributed by atoms with E-state index in [1.807, 2.05) is 30.7 Å². The Morgan fingerprint density at radius 2 is 2.29 bits per heavy atom. The second kappa shape index (κ2) is 8.38. The van der Waals surface area contributed by atoms with Gasteiger partial charge in [0, 0.05) is 30.4 Å². The quantitative estimate of drug-likeness (QED) is 0.596. The lowest BCUT2D eigenvalue weighted by Gasteiger charge is -2.11. The number of hydrogen-bond acceptors (Lipinski definition) is 4. The van der Waals surface area contributed by atoms with Crippen molar-refractivity contribution in [2.75, 3.05) is 17.6 Å². The first-order valence-corrected chi connectivity index (χ1v) is 8.19. The van der Waals surface area contributed by atoms with E-state index in [2.05, 4.69) is 27.9 Å². The monoisotopic (exact) mass is 300 g/mol. The molecule has 0 saturated heterocycles. The van der Waals surface area contributed by atoms with Gasteiger partial charge in [-0.1, -0.05) is 13.0 Å². The molecule has 0 unspecified atom stereocenters. The number of unbranched alkanes of at least 4 members (excludes halogenated alkanes) is 1. The van der Waals surface area contributed by atoms with Crippen LogP contribution in [-0.4, -0.2) is 21.8 Å². The highest BCUT2D eigenvalue weighted by atomic mass is 32.2. The molecule has 0 spiro atoms. The molecule has 0 fully saturated rings. The highest BCUT2D eigenvalue weighted by Crippen LogP contribution is 2.27. The molecule has 0 amide bonds. The summed E-state index contributed by atoms with van der Waals surface area (Å²) in [5.74, 6) is 0.975. The number of anilines is 1. The molecule has 4 nitrogen and oxygen atoms in total. The second-order valence-electron chi connectivity index (χ2n) is 4.66. The van der Waals surface area contributed by atoms with Crippen LogP contribution in [0.15, 0.2) is 41.8 Å². The third-order valence-corrected chi connectivity index (χ3v) is 4.10. The van der Waals surface area contributed by atoms with Crippen LogP contribution in [0.1, 0.15) is 25.3 Å². The first kappa shape index (κ1) is 15.5. The number of nitriles is 1. The Balaban J connectivity index is 1.82. The molecule has 5 heteroatoms. The molecule has 1 aromatic heterocycles. The zero-order valence-electron chi connectivity index (χ0n) is 12.2. The molecule has 1 heterocycles. The first-order chi connectivity index (χ1) is 10.3. The predicted molar refractivity (Wildman–Crippen MR) is 87.5 cm³/mol. The number of aryl methyl sites for hydroxylation is 1. The Morgan fingerprint density at radius 3 is 3.00 bits per heavy atom. The predicted octanol–water partition coefficient (Wildman–Crippen LogP) is 3.76. The fourth-order valence-corrected chi connectivity index (χ4v) is 2.92. The van der Waals surface area contributed by atoms with Crippen molar-refractivity contribution in [2.45, 2.75) is 31.2 Å². The van der Waals surface area contributed by atoms with Crippen molar-refractivity contribution in [3.8, 4) is 6.07 Å². The summed E-state index contributed by atoms with van der Waals surface area (Å²) in [5.41, 5.74) is 1.71. The summed E-state index contributed by atoms with van der Waals surface area (Å²) in [5, 5.41) is 12.7. The highest BCUT2D eigenvalue weighted by molar-refractivity contribution is 7.99. The molecule has 0 bridgehead atoms. The Hall–Kier alpha value is -1.93. The fourth-order valence-electron chi connectivity index (χ4n) is 2.13. The first-order valence-electron chi connectivity index (χ1n) is 7.20. The molecule has 0 radical (unpaired) electrons. The number of nitrogens with one attached hydrogen (secondary N) is 1. The number of rotatable bonds is 8. The Bertz CT molecular complexity index is 587. The molecule has 0 atom stereocenters. The van der Waals surface area contributed by atoms with Gasteiger partial charge in [-0.15, -0.1) is 11.8 Å². The van der Waals surface area contributed by atoms with Crippen LogP contribution in [0, 0.1) is 11.3 Å². The molecule has 2 rings (SSSR count). The summed E-state index contributed by atoms with van der Waals surface area (Å²) in [4.78, 5) is 5.09. The van der Waals surface area contributed by atoms with E-state index >= 15 is 0 Å². The van der Waals surface area contributed by atoms with Crippen molar-refractivity contribution >= 4 is 17.4 Å². The molecule has 0 aliphatic carbocycles. The van der Waals surface area contributed by atoms with Crippen molar-refractivity contribution in [1.29, 1.82) is 5.26 Å². The molecule has 0 aliphatic rings. The average molecular weight is 300 g/mol. The van der Waals surface area contributed by atoms with Crippen LogP contribution in [0.5, 0.6) is 0 Å². The smallest absolute Gasteiger partial charge is 0.102 e. The largest absolute Gasteiger partial charge is 0.384 e. The maximum Gasteiger partial charge on any atom is 0.102 e. The van der Waals surface area contributed by atoms with E-state index in [1.54, 1.807) is 18.0 Å². The number of benzene rings is 1. The van der Waals surface area contributed by atoms with Gasteiger partial charge in [0.2, 0.25) is 0 Å². The number of nitrogens with zero attached hydrogens (tertiary/aromatic N) is 3. The van der Waals surface area contributed by atoms with Gasteiger partial charge in [0.15, 0.2) is 0 Å². The van der Waals surface area contributed by atoms with Gasteiger partial charge in [0.1, 0.15) is 6.07 Å². The van der Waals surface area contributed by atoms with Gasteiger partial charge in [-0.25, -0.2) is 4.98 Å². The van der Waals surface area contributed by atoms with Crippen molar-refractivity contribution < 1.29 is 0 Å². The van der Waals surface area contributed by atoms with Crippen molar-refractivity contribution in [2.24, 2.45) is 0 Å². The Kier molecular flexibility index (Phi) is 6.17. The third kappa shape index (κ3) is 4.54.